The van der Waals surface area contributed by atoms with E-state index in [0.29, 0.717) is 6.42 Å². The summed E-state index contributed by atoms with van der Waals surface area (Å²) in [5, 5.41) is 12.8. The predicted octanol–water partition coefficient (Wildman–Crippen LogP) is 4.90. The Bertz CT molecular complexity index is 804. The van der Waals surface area contributed by atoms with E-state index < -0.39 is 13.2 Å². The molecule has 0 bridgehead atoms. The van der Waals surface area contributed by atoms with Crippen LogP contribution in [-0.2, 0) is 4.57 Å². The lowest BCUT2D eigenvalue weighted by Gasteiger charge is -2.32. The van der Waals surface area contributed by atoms with Crippen LogP contribution in [0.3, 0.4) is 0 Å². The summed E-state index contributed by atoms with van der Waals surface area (Å²) in [4.78, 5) is 0. The van der Waals surface area contributed by atoms with Crippen LogP contribution < -0.4 is 10.6 Å². The minimum Gasteiger partial charge on any atom is -0.388 e. The Morgan fingerprint density at radius 1 is 0.769 bits per heavy atom. The van der Waals surface area contributed by atoms with Gasteiger partial charge < -0.3 is 9.67 Å². The molecule has 2 nitrogen and oxygen atoms in total. The van der Waals surface area contributed by atoms with Crippen LogP contribution in [0.1, 0.15) is 31.4 Å². The SMILES string of the molecule is CCC[C@H]([C@H](O)c1ccccc1)P(=O)(c1ccccc1)c1ccccc1. The lowest BCUT2D eigenvalue weighted by atomic mass is 10.0. The van der Waals surface area contributed by atoms with E-state index in [2.05, 4.69) is 6.92 Å². The van der Waals surface area contributed by atoms with Gasteiger partial charge in [-0.05, 0) is 12.0 Å². The predicted molar refractivity (Wildman–Crippen MR) is 110 cm³/mol. The third-order valence-corrected chi connectivity index (χ3v) is 8.44. The van der Waals surface area contributed by atoms with Crippen molar-refractivity contribution in [3.8, 4) is 0 Å². The molecule has 2 atom stereocenters. The Morgan fingerprint density at radius 2 is 1.19 bits per heavy atom. The second-order valence-electron chi connectivity index (χ2n) is 6.54. The molecule has 0 saturated carbocycles. The molecule has 0 saturated heterocycles. The summed E-state index contributed by atoms with van der Waals surface area (Å²) in [7, 11) is -3.02. The van der Waals surface area contributed by atoms with Gasteiger partial charge in [0.1, 0.15) is 7.14 Å². The maximum Gasteiger partial charge on any atom is 0.149 e. The van der Waals surface area contributed by atoms with E-state index in [1.54, 1.807) is 0 Å². The number of aliphatic hydroxyl groups is 1. The molecule has 0 fully saturated rings. The Morgan fingerprint density at radius 3 is 1.62 bits per heavy atom. The smallest absolute Gasteiger partial charge is 0.149 e. The second kappa shape index (κ2) is 8.49. The molecule has 0 spiro atoms. The number of benzene rings is 3. The van der Waals surface area contributed by atoms with E-state index in [1.807, 2.05) is 91.0 Å². The molecular weight excluding hydrogens is 339 g/mol. The molecule has 3 rings (SSSR count). The standard InChI is InChI=1S/C23H25O2P/c1-2-12-22(23(24)19-13-6-3-7-14-19)26(25,20-15-8-4-9-16-20)21-17-10-5-11-18-21/h3-11,13-18,22-24H,2,12H2,1H3/t22-,23-/m1/s1. The van der Waals surface area contributed by atoms with Crippen molar-refractivity contribution in [3.63, 3.8) is 0 Å². The average molecular weight is 364 g/mol. The van der Waals surface area contributed by atoms with Gasteiger partial charge in [-0.2, -0.15) is 0 Å². The molecule has 3 aromatic carbocycles. The minimum atomic E-state index is -3.02. The topological polar surface area (TPSA) is 37.3 Å². The van der Waals surface area contributed by atoms with Crippen molar-refractivity contribution >= 4 is 17.8 Å². The summed E-state index contributed by atoms with van der Waals surface area (Å²) in [6.07, 6.45) is 0.775. The summed E-state index contributed by atoms with van der Waals surface area (Å²) in [6.45, 7) is 2.07. The summed E-state index contributed by atoms with van der Waals surface area (Å²) in [5.74, 6) is 0. The molecule has 1 N–H and O–H groups in total. The zero-order valence-corrected chi connectivity index (χ0v) is 15.9. The number of aliphatic hydroxyl groups excluding tert-OH is 1. The number of rotatable bonds is 7. The molecule has 0 heterocycles. The molecule has 0 unspecified atom stereocenters. The highest BCUT2D eigenvalue weighted by atomic mass is 31.2. The van der Waals surface area contributed by atoms with Crippen molar-refractivity contribution in [1.82, 2.24) is 0 Å². The van der Waals surface area contributed by atoms with Gasteiger partial charge in [0.25, 0.3) is 0 Å². The molecule has 0 aromatic heterocycles. The van der Waals surface area contributed by atoms with Crippen LogP contribution in [0.5, 0.6) is 0 Å². The average Bonchev–Trinajstić information content (AvgIpc) is 2.73. The van der Waals surface area contributed by atoms with Crippen molar-refractivity contribution in [1.29, 1.82) is 0 Å². The largest absolute Gasteiger partial charge is 0.388 e. The monoisotopic (exact) mass is 364 g/mol. The lowest BCUT2D eigenvalue weighted by Crippen LogP contribution is -2.30. The molecular formula is C23H25O2P. The minimum absolute atomic E-state index is 0.361. The van der Waals surface area contributed by atoms with E-state index >= 15 is 0 Å². The Balaban J connectivity index is 2.16. The van der Waals surface area contributed by atoms with Crippen molar-refractivity contribution in [2.75, 3.05) is 0 Å². The highest BCUT2D eigenvalue weighted by Crippen LogP contribution is 2.54. The van der Waals surface area contributed by atoms with Gasteiger partial charge in [0, 0.05) is 10.6 Å². The molecule has 0 aliphatic heterocycles. The first-order chi connectivity index (χ1) is 12.7. The first-order valence-corrected chi connectivity index (χ1v) is 10.9. The van der Waals surface area contributed by atoms with Gasteiger partial charge in [-0.1, -0.05) is 104 Å². The van der Waals surface area contributed by atoms with E-state index in [4.69, 9.17) is 0 Å². The van der Waals surface area contributed by atoms with Gasteiger partial charge in [0.15, 0.2) is 0 Å². The maximum atomic E-state index is 14.6. The van der Waals surface area contributed by atoms with E-state index in [0.717, 1.165) is 22.6 Å². The van der Waals surface area contributed by atoms with Crippen molar-refractivity contribution in [2.24, 2.45) is 0 Å². The Kier molecular flexibility index (Phi) is 6.08. The van der Waals surface area contributed by atoms with Crippen molar-refractivity contribution in [2.45, 2.75) is 31.5 Å². The first kappa shape index (κ1) is 18.6. The van der Waals surface area contributed by atoms with Gasteiger partial charge in [0.2, 0.25) is 0 Å². The molecule has 3 aromatic rings. The quantitative estimate of drug-likeness (QED) is 0.605. The Labute approximate surface area is 155 Å². The fourth-order valence-corrected chi connectivity index (χ4v) is 7.02. The Hall–Kier alpha value is -2.15. The molecule has 0 amide bonds. The van der Waals surface area contributed by atoms with E-state index in [1.165, 1.54) is 0 Å². The van der Waals surface area contributed by atoms with Crippen LogP contribution in [0.2, 0.25) is 0 Å². The molecule has 0 aliphatic carbocycles. The maximum absolute atomic E-state index is 14.6. The van der Waals surface area contributed by atoms with Crippen LogP contribution in [0.4, 0.5) is 0 Å². The molecule has 26 heavy (non-hydrogen) atoms. The van der Waals surface area contributed by atoms with Crippen molar-refractivity contribution in [3.05, 3.63) is 96.6 Å². The van der Waals surface area contributed by atoms with Crippen LogP contribution in [-0.4, -0.2) is 10.8 Å². The third-order valence-electron chi connectivity index (χ3n) is 4.84. The van der Waals surface area contributed by atoms with Crippen LogP contribution in [0, 0.1) is 0 Å². The lowest BCUT2D eigenvalue weighted by molar-refractivity contribution is 0.167. The first-order valence-electron chi connectivity index (χ1n) is 9.12. The second-order valence-corrected chi connectivity index (χ2v) is 9.55. The van der Waals surface area contributed by atoms with Crippen LogP contribution in [0.15, 0.2) is 91.0 Å². The van der Waals surface area contributed by atoms with Gasteiger partial charge in [-0.25, -0.2) is 0 Å². The summed E-state index contributed by atoms with van der Waals surface area (Å²) in [5.41, 5.74) is 0.456. The fraction of sp³-hybridized carbons (Fsp3) is 0.217. The zero-order valence-electron chi connectivity index (χ0n) is 15.0. The van der Waals surface area contributed by atoms with E-state index in [9.17, 15) is 9.67 Å². The summed E-state index contributed by atoms with van der Waals surface area (Å²) in [6, 6.07) is 28.8. The fourth-order valence-electron chi connectivity index (χ4n) is 3.54. The van der Waals surface area contributed by atoms with Gasteiger partial charge in [-0.15, -0.1) is 0 Å². The molecule has 0 aliphatic rings. The third kappa shape index (κ3) is 3.67. The molecule has 0 radical (unpaired) electrons. The molecule has 134 valence electrons. The summed E-state index contributed by atoms with van der Waals surface area (Å²) < 4.78 is 14.6. The number of hydrogen-bond acceptors (Lipinski definition) is 2. The van der Waals surface area contributed by atoms with E-state index in [-0.39, 0.29) is 5.66 Å². The summed E-state index contributed by atoms with van der Waals surface area (Å²) >= 11 is 0. The van der Waals surface area contributed by atoms with Crippen molar-refractivity contribution < 1.29 is 9.67 Å². The highest BCUT2D eigenvalue weighted by Gasteiger charge is 2.40. The van der Waals surface area contributed by atoms with Gasteiger partial charge in [0.05, 0.1) is 11.8 Å². The number of hydrogen-bond donors (Lipinski definition) is 1. The normalized spacial score (nSPS) is 13.9. The highest BCUT2D eigenvalue weighted by molar-refractivity contribution is 7.79. The van der Waals surface area contributed by atoms with Crippen LogP contribution in [0.25, 0.3) is 0 Å². The van der Waals surface area contributed by atoms with Gasteiger partial charge in [-0.3, -0.25) is 0 Å². The van der Waals surface area contributed by atoms with Gasteiger partial charge >= 0.3 is 0 Å². The zero-order chi connectivity index (χ0) is 18.4. The van der Waals surface area contributed by atoms with Crippen LogP contribution >= 0.6 is 7.14 Å². The molecule has 3 heteroatoms.